The van der Waals surface area contributed by atoms with Crippen LogP contribution in [-0.4, -0.2) is 43.8 Å². The summed E-state index contributed by atoms with van der Waals surface area (Å²) in [6.45, 7) is 5.11. The first kappa shape index (κ1) is 14.0. The van der Waals surface area contributed by atoms with Gasteiger partial charge in [0.2, 0.25) is 0 Å². The third-order valence-corrected chi connectivity index (χ3v) is 4.27. The van der Waals surface area contributed by atoms with Gasteiger partial charge in [0.25, 0.3) is 0 Å². The SMILES string of the molecule is NCCCOC1CCN(CCc2ccsc2)CC1. The van der Waals surface area contributed by atoms with Gasteiger partial charge in [-0.15, -0.1) is 0 Å². The van der Waals surface area contributed by atoms with Crippen LogP contribution in [0, 0.1) is 0 Å². The summed E-state index contributed by atoms with van der Waals surface area (Å²) in [6, 6.07) is 2.23. The van der Waals surface area contributed by atoms with E-state index in [0.717, 1.165) is 19.6 Å². The third-order valence-electron chi connectivity index (χ3n) is 3.53. The van der Waals surface area contributed by atoms with Crippen LogP contribution in [0.15, 0.2) is 16.8 Å². The number of likely N-dealkylation sites (tertiary alicyclic amines) is 1. The summed E-state index contributed by atoms with van der Waals surface area (Å²) < 4.78 is 5.82. The number of nitrogens with two attached hydrogens (primary N) is 1. The Bertz CT molecular complexity index is 308. The van der Waals surface area contributed by atoms with E-state index < -0.39 is 0 Å². The van der Waals surface area contributed by atoms with Crippen molar-refractivity contribution in [1.29, 1.82) is 0 Å². The number of rotatable bonds is 7. The van der Waals surface area contributed by atoms with Crippen molar-refractivity contribution in [1.82, 2.24) is 4.90 Å². The highest BCUT2D eigenvalue weighted by Gasteiger charge is 2.18. The zero-order valence-electron chi connectivity index (χ0n) is 11.0. The van der Waals surface area contributed by atoms with Crippen LogP contribution in [-0.2, 0) is 11.2 Å². The molecule has 0 bridgehead atoms. The number of thiophene rings is 1. The lowest BCUT2D eigenvalue weighted by molar-refractivity contribution is 0.00753. The fourth-order valence-corrected chi connectivity index (χ4v) is 3.06. The number of hydrogen-bond acceptors (Lipinski definition) is 4. The number of piperidine rings is 1. The van der Waals surface area contributed by atoms with Gasteiger partial charge in [0.15, 0.2) is 0 Å². The Morgan fingerprint density at radius 1 is 1.39 bits per heavy atom. The van der Waals surface area contributed by atoms with Gasteiger partial charge >= 0.3 is 0 Å². The lowest BCUT2D eigenvalue weighted by Gasteiger charge is -2.31. The molecule has 1 aliphatic heterocycles. The first-order chi connectivity index (χ1) is 8.88. The highest BCUT2D eigenvalue weighted by Crippen LogP contribution is 2.15. The molecule has 4 heteroatoms. The molecule has 1 aliphatic rings. The highest BCUT2D eigenvalue weighted by atomic mass is 32.1. The molecule has 1 saturated heterocycles. The number of ether oxygens (including phenoxy) is 1. The largest absolute Gasteiger partial charge is 0.378 e. The Morgan fingerprint density at radius 3 is 2.89 bits per heavy atom. The van der Waals surface area contributed by atoms with E-state index in [-0.39, 0.29) is 0 Å². The summed E-state index contributed by atoms with van der Waals surface area (Å²) in [7, 11) is 0. The van der Waals surface area contributed by atoms with Crippen molar-refractivity contribution in [3.8, 4) is 0 Å². The van der Waals surface area contributed by atoms with Crippen molar-refractivity contribution in [3.05, 3.63) is 22.4 Å². The average Bonchev–Trinajstić information content (AvgIpc) is 2.91. The number of hydrogen-bond donors (Lipinski definition) is 1. The van der Waals surface area contributed by atoms with Gasteiger partial charge in [0, 0.05) is 26.2 Å². The molecular weight excluding hydrogens is 244 g/mol. The van der Waals surface area contributed by atoms with Crippen LogP contribution < -0.4 is 5.73 Å². The van der Waals surface area contributed by atoms with Gasteiger partial charge in [-0.25, -0.2) is 0 Å². The summed E-state index contributed by atoms with van der Waals surface area (Å²) >= 11 is 1.79. The van der Waals surface area contributed by atoms with Crippen LogP contribution in [0.3, 0.4) is 0 Å². The standard InChI is InChI=1S/C14H24N2OS/c15-6-1-10-17-14-3-8-16(9-4-14)7-2-13-5-11-18-12-13/h5,11-12,14H,1-4,6-10,15H2. The first-order valence-electron chi connectivity index (χ1n) is 6.93. The predicted octanol–water partition coefficient (Wildman–Crippen LogP) is 2.12. The molecule has 0 spiro atoms. The average molecular weight is 268 g/mol. The summed E-state index contributed by atoms with van der Waals surface area (Å²) in [5, 5.41) is 4.41. The lowest BCUT2D eigenvalue weighted by atomic mass is 10.1. The molecule has 2 rings (SSSR count). The molecule has 102 valence electrons. The Morgan fingerprint density at radius 2 is 2.22 bits per heavy atom. The van der Waals surface area contributed by atoms with E-state index >= 15 is 0 Å². The second-order valence-corrected chi connectivity index (χ2v) is 5.72. The van der Waals surface area contributed by atoms with E-state index in [1.165, 1.54) is 44.5 Å². The van der Waals surface area contributed by atoms with E-state index in [1.807, 2.05) is 0 Å². The Labute approximate surface area is 114 Å². The predicted molar refractivity (Wildman–Crippen MR) is 77.1 cm³/mol. The van der Waals surface area contributed by atoms with Crippen molar-refractivity contribution < 1.29 is 4.74 Å². The summed E-state index contributed by atoms with van der Waals surface area (Å²) in [5.41, 5.74) is 6.94. The summed E-state index contributed by atoms with van der Waals surface area (Å²) in [6.07, 6.45) is 4.98. The first-order valence-corrected chi connectivity index (χ1v) is 7.88. The zero-order chi connectivity index (χ0) is 12.6. The lowest BCUT2D eigenvalue weighted by Crippen LogP contribution is -2.38. The van der Waals surface area contributed by atoms with Gasteiger partial charge in [0.1, 0.15) is 0 Å². The topological polar surface area (TPSA) is 38.5 Å². The molecule has 1 fully saturated rings. The molecule has 0 unspecified atom stereocenters. The van der Waals surface area contributed by atoms with Crippen molar-refractivity contribution in [3.63, 3.8) is 0 Å². The third kappa shape index (κ3) is 4.69. The minimum atomic E-state index is 0.467. The Kier molecular flexibility index (Phi) is 6.14. The van der Waals surface area contributed by atoms with Gasteiger partial charge < -0.3 is 15.4 Å². The minimum Gasteiger partial charge on any atom is -0.378 e. The van der Waals surface area contributed by atoms with E-state index in [2.05, 4.69) is 21.7 Å². The molecule has 0 aliphatic carbocycles. The zero-order valence-corrected chi connectivity index (χ0v) is 11.8. The van der Waals surface area contributed by atoms with Crippen LogP contribution >= 0.6 is 11.3 Å². The van der Waals surface area contributed by atoms with Gasteiger partial charge in [0.05, 0.1) is 6.10 Å². The molecule has 0 aromatic carbocycles. The van der Waals surface area contributed by atoms with Gasteiger partial charge in [-0.1, -0.05) is 0 Å². The summed E-state index contributed by atoms with van der Waals surface area (Å²) in [4.78, 5) is 2.56. The highest BCUT2D eigenvalue weighted by molar-refractivity contribution is 7.07. The van der Waals surface area contributed by atoms with Crippen LogP contribution in [0.1, 0.15) is 24.8 Å². The Hall–Kier alpha value is -0.420. The van der Waals surface area contributed by atoms with Crippen molar-refractivity contribution >= 4 is 11.3 Å². The molecule has 18 heavy (non-hydrogen) atoms. The maximum atomic E-state index is 5.82. The van der Waals surface area contributed by atoms with E-state index in [0.29, 0.717) is 6.10 Å². The quantitative estimate of drug-likeness (QED) is 0.770. The summed E-state index contributed by atoms with van der Waals surface area (Å²) in [5.74, 6) is 0. The maximum Gasteiger partial charge on any atom is 0.0599 e. The van der Waals surface area contributed by atoms with Crippen LogP contribution in [0.25, 0.3) is 0 Å². The van der Waals surface area contributed by atoms with Crippen LogP contribution in [0.2, 0.25) is 0 Å². The monoisotopic (exact) mass is 268 g/mol. The Balaban J connectivity index is 1.58. The van der Waals surface area contributed by atoms with E-state index in [4.69, 9.17) is 10.5 Å². The van der Waals surface area contributed by atoms with Crippen molar-refractivity contribution in [2.24, 2.45) is 5.73 Å². The molecule has 0 saturated carbocycles. The molecule has 2 N–H and O–H groups in total. The molecule has 1 aromatic rings. The fourth-order valence-electron chi connectivity index (χ4n) is 2.35. The van der Waals surface area contributed by atoms with Crippen molar-refractivity contribution in [2.75, 3.05) is 32.8 Å². The second kappa shape index (κ2) is 7.89. The fraction of sp³-hybridized carbons (Fsp3) is 0.714. The second-order valence-electron chi connectivity index (χ2n) is 4.94. The van der Waals surface area contributed by atoms with E-state index in [9.17, 15) is 0 Å². The molecule has 2 heterocycles. The molecule has 0 amide bonds. The minimum absolute atomic E-state index is 0.467. The van der Waals surface area contributed by atoms with Crippen LogP contribution in [0.4, 0.5) is 0 Å². The number of nitrogens with zero attached hydrogens (tertiary/aromatic N) is 1. The van der Waals surface area contributed by atoms with Crippen LogP contribution in [0.5, 0.6) is 0 Å². The smallest absolute Gasteiger partial charge is 0.0599 e. The van der Waals surface area contributed by atoms with Gasteiger partial charge in [-0.2, -0.15) is 11.3 Å². The molecular formula is C14H24N2OS. The normalized spacial score (nSPS) is 18.3. The van der Waals surface area contributed by atoms with Crippen molar-refractivity contribution in [2.45, 2.75) is 31.8 Å². The van der Waals surface area contributed by atoms with E-state index in [1.54, 1.807) is 11.3 Å². The van der Waals surface area contributed by atoms with Gasteiger partial charge in [-0.05, 0) is 54.6 Å². The van der Waals surface area contributed by atoms with Gasteiger partial charge in [-0.3, -0.25) is 0 Å². The molecule has 0 atom stereocenters. The maximum absolute atomic E-state index is 5.82. The molecule has 3 nitrogen and oxygen atoms in total. The molecule has 0 radical (unpaired) electrons. The molecule has 1 aromatic heterocycles.